The van der Waals surface area contributed by atoms with Gasteiger partial charge in [-0.05, 0) is 37.1 Å². The lowest BCUT2D eigenvalue weighted by Crippen LogP contribution is -2.47. The molecule has 1 amide bonds. The van der Waals surface area contributed by atoms with E-state index in [1.165, 1.54) is 0 Å². The number of rotatable bonds is 4. The zero-order valence-corrected chi connectivity index (χ0v) is 10.5. The van der Waals surface area contributed by atoms with E-state index in [1.807, 2.05) is 0 Å². The Kier molecular flexibility index (Phi) is 3.57. The van der Waals surface area contributed by atoms with Gasteiger partial charge in [-0.25, -0.2) is 0 Å². The number of carboxylic acids is 1. The van der Waals surface area contributed by atoms with Crippen molar-refractivity contribution >= 4 is 23.5 Å². The summed E-state index contributed by atoms with van der Waals surface area (Å²) < 4.78 is 0. The lowest BCUT2D eigenvalue weighted by molar-refractivity contribution is -0.153. The van der Waals surface area contributed by atoms with E-state index in [9.17, 15) is 9.59 Å². The molecule has 0 bridgehead atoms. The highest BCUT2D eigenvalue weighted by molar-refractivity contribution is 6.30. The van der Waals surface area contributed by atoms with E-state index < -0.39 is 11.4 Å². The van der Waals surface area contributed by atoms with Crippen molar-refractivity contribution in [3.05, 3.63) is 34.9 Å². The molecule has 0 atom stereocenters. The Morgan fingerprint density at radius 2 is 1.89 bits per heavy atom. The number of halogens is 1. The Labute approximate surface area is 110 Å². The van der Waals surface area contributed by atoms with Gasteiger partial charge in [-0.3, -0.25) is 9.59 Å². The number of nitrogens with one attached hydrogen (secondary N) is 1. The number of benzene rings is 1. The van der Waals surface area contributed by atoms with E-state index in [4.69, 9.17) is 16.7 Å². The van der Waals surface area contributed by atoms with Crippen molar-refractivity contribution in [1.29, 1.82) is 0 Å². The number of aliphatic carboxylic acids is 1. The molecule has 0 radical (unpaired) electrons. The summed E-state index contributed by atoms with van der Waals surface area (Å²) in [5.74, 6) is -1.09. The molecule has 5 heteroatoms. The lowest BCUT2D eigenvalue weighted by atomic mass is 9.69. The molecule has 4 nitrogen and oxygen atoms in total. The van der Waals surface area contributed by atoms with Gasteiger partial charge in [0.05, 0.1) is 5.41 Å². The van der Waals surface area contributed by atoms with Crippen molar-refractivity contribution in [2.24, 2.45) is 5.41 Å². The fourth-order valence-electron chi connectivity index (χ4n) is 2.02. The molecule has 1 aliphatic rings. The number of carbonyl (C=O) groups excluding carboxylic acids is 1. The molecule has 1 aromatic rings. The van der Waals surface area contributed by atoms with E-state index in [2.05, 4.69) is 5.32 Å². The van der Waals surface area contributed by atoms with E-state index in [0.717, 1.165) is 6.42 Å². The van der Waals surface area contributed by atoms with Gasteiger partial charge in [-0.2, -0.15) is 0 Å². The van der Waals surface area contributed by atoms with Gasteiger partial charge in [0.1, 0.15) is 0 Å². The minimum absolute atomic E-state index is 0.184. The minimum atomic E-state index is -0.829. The van der Waals surface area contributed by atoms with Gasteiger partial charge in [0.15, 0.2) is 0 Å². The first-order valence-electron chi connectivity index (χ1n) is 5.81. The molecule has 18 heavy (non-hydrogen) atoms. The highest BCUT2D eigenvalue weighted by atomic mass is 35.5. The van der Waals surface area contributed by atoms with Gasteiger partial charge in [0, 0.05) is 17.1 Å². The summed E-state index contributed by atoms with van der Waals surface area (Å²) in [6.45, 7) is 0.184. The van der Waals surface area contributed by atoms with Crippen molar-refractivity contribution in [3.63, 3.8) is 0 Å². The maximum atomic E-state index is 11.8. The van der Waals surface area contributed by atoms with Crippen LogP contribution in [0.2, 0.25) is 5.02 Å². The predicted molar refractivity (Wildman–Crippen MR) is 67.7 cm³/mol. The number of carbonyl (C=O) groups is 2. The quantitative estimate of drug-likeness (QED) is 0.880. The summed E-state index contributed by atoms with van der Waals surface area (Å²) in [6, 6.07) is 6.50. The van der Waals surface area contributed by atoms with Crippen LogP contribution in [0.1, 0.15) is 29.6 Å². The third-order valence-electron chi connectivity index (χ3n) is 3.46. The van der Waals surface area contributed by atoms with Gasteiger partial charge in [0.25, 0.3) is 5.91 Å². The molecule has 0 unspecified atom stereocenters. The van der Waals surface area contributed by atoms with Crippen LogP contribution in [0.15, 0.2) is 24.3 Å². The molecular formula is C13H14ClNO3. The van der Waals surface area contributed by atoms with Gasteiger partial charge in [-0.1, -0.05) is 18.0 Å². The van der Waals surface area contributed by atoms with Crippen LogP contribution in [0.5, 0.6) is 0 Å². The van der Waals surface area contributed by atoms with Crippen LogP contribution in [-0.2, 0) is 4.79 Å². The predicted octanol–water partition coefficient (Wildman–Crippen LogP) is 2.32. The average molecular weight is 268 g/mol. The molecule has 2 rings (SSSR count). The molecule has 0 spiro atoms. The van der Waals surface area contributed by atoms with Crippen molar-refractivity contribution < 1.29 is 14.7 Å². The molecule has 0 saturated heterocycles. The van der Waals surface area contributed by atoms with Crippen LogP contribution in [0, 0.1) is 5.41 Å². The van der Waals surface area contributed by atoms with Crippen LogP contribution >= 0.6 is 11.6 Å². The molecule has 1 fully saturated rings. The zero-order valence-electron chi connectivity index (χ0n) is 9.78. The first-order valence-corrected chi connectivity index (χ1v) is 6.18. The Morgan fingerprint density at radius 3 is 2.33 bits per heavy atom. The summed E-state index contributed by atoms with van der Waals surface area (Å²) in [5.41, 5.74) is -0.276. The van der Waals surface area contributed by atoms with Gasteiger partial charge in [-0.15, -0.1) is 0 Å². The van der Waals surface area contributed by atoms with E-state index in [-0.39, 0.29) is 12.5 Å². The lowest BCUT2D eigenvalue weighted by Gasteiger charge is -2.37. The second kappa shape index (κ2) is 4.98. The Hall–Kier alpha value is -1.55. The maximum Gasteiger partial charge on any atom is 0.311 e. The summed E-state index contributed by atoms with van der Waals surface area (Å²) in [5, 5.41) is 12.4. The third kappa shape index (κ3) is 2.48. The largest absolute Gasteiger partial charge is 0.481 e. The second-order valence-electron chi connectivity index (χ2n) is 4.63. The Morgan fingerprint density at radius 1 is 1.28 bits per heavy atom. The molecule has 0 aromatic heterocycles. The fourth-order valence-corrected chi connectivity index (χ4v) is 2.15. The molecule has 0 aliphatic heterocycles. The number of hydrogen-bond donors (Lipinski definition) is 2. The van der Waals surface area contributed by atoms with Gasteiger partial charge in [0.2, 0.25) is 0 Å². The molecule has 2 N–H and O–H groups in total. The van der Waals surface area contributed by atoms with Crippen LogP contribution in [0.3, 0.4) is 0 Å². The molecular weight excluding hydrogens is 254 g/mol. The smallest absolute Gasteiger partial charge is 0.311 e. The fraction of sp³-hybridized carbons (Fsp3) is 0.385. The summed E-state index contributed by atoms with van der Waals surface area (Å²) >= 11 is 5.73. The molecule has 1 aromatic carbocycles. The first kappa shape index (κ1) is 12.9. The number of amides is 1. The monoisotopic (exact) mass is 267 g/mol. The molecule has 96 valence electrons. The zero-order chi connectivity index (χ0) is 13.2. The number of carboxylic acid groups (broad SMARTS) is 1. The average Bonchev–Trinajstić information content (AvgIpc) is 2.27. The SMILES string of the molecule is O=C(NCC1(C(=O)O)CCC1)c1ccc(Cl)cc1. The van der Waals surface area contributed by atoms with Crippen LogP contribution in [0.25, 0.3) is 0 Å². The summed E-state index contributed by atoms with van der Waals surface area (Å²) in [7, 11) is 0. The Balaban J connectivity index is 1.96. The molecule has 1 saturated carbocycles. The van der Waals surface area contributed by atoms with Crippen LogP contribution < -0.4 is 5.32 Å². The maximum absolute atomic E-state index is 11.8. The number of hydrogen-bond acceptors (Lipinski definition) is 2. The third-order valence-corrected chi connectivity index (χ3v) is 3.71. The van der Waals surface area contributed by atoms with E-state index in [0.29, 0.717) is 23.4 Å². The second-order valence-corrected chi connectivity index (χ2v) is 5.07. The normalized spacial score (nSPS) is 16.7. The van der Waals surface area contributed by atoms with Crippen molar-refractivity contribution in [3.8, 4) is 0 Å². The summed E-state index contributed by atoms with van der Waals surface area (Å²) in [4.78, 5) is 22.9. The molecule has 0 heterocycles. The standard InChI is InChI=1S/C13H14ClNO3/c14-10-4-2-9(3-5-10)11(16)15-8-13(12(17)18)6-1-7-13/h2-5H,1,6-8H2,(H,15,16)(H,17,18). The van der Waals surface area contributed by atoms with E-state index in [1.54, 1.807) is 24.3 Å². The minimum Gasteiger partial charge on any atom is -0.481 e. The first-order chi connectivity index (χ1) is 8.53. The highest BCUT2D eigenvalue weighted by Crippen LogP contribution is 2.40. The van der Waals surface area contributed by atoms with Crippen LogP contribution in [0.4, 0.5) is 0 Å². The van der Waals surface area contributed by atoms with Crippen molar-refractivity contribution in [2.75, 3.05) is 6.54 Å². The topological polar surface area (TPSA) is 66.4 Å². The van der Waals surface area contributed by atoms with E-state index >= 15 is 0 Å². The summed E-state index contributed by atoms with van der Waals surface area (Å²) in [6.07, 6.45) is 2.16. The van der Waals surface area contributed by atoms with Crippen molar-refractivity contribution in [1.82, 2.24) is 5.32 Å². The molecule has 1 aliphatic carbocycles. The van der Waals surface area contributed by atoms with Gasteiger partial charge >= 0.3 is 5.97 Å². The van der Waals surface area contributed by atoms with Crippen molar-refractivity contribution in [2.45, 2.75) is 19.3 Å². The highest BCUT2D eigenvalue weighted by Gasteiger charge is 2.44. The Bertz CT molecular complexity index is 466. The van der Waals surface area contributed by atoms with Gasteiger partial charge < -0.3 is 10.4 Å². The van der Waals surface area contributed by atoms with Crippen LogP contribution in [-0.4, -0.2) is 23.5 Å².